The van der Waals surface area contributed by atoms with E-state index in [9.17, 15) is 14.0 Å². The van der Waals surface area contributed by atoms with E-state index in [1.807, 2.05) is 18.2 Å². The summed E-state index contributed by atoms with van der Waals surface area (Å²) in [5.74, 6) is -0.111. The molecule has 0 atom stereocenters. The smallest absolute Gasteiger partial charge is 0.333 e. The Balaban J connectivity index is 1.74. The fraction of sp³-hybridized carbons (Fsp3) is 0.176. The third-order valence-corrected chi connectivity index (χ3v) is 3.23. The third kappa shape index (κ3) is 5.28. The number of carbonyl (C=O) groups is 2. The molecule has 0 unspecified atom stereocenters. The summed E-state index contributed by atoms with van der Waals surface area (Å²) in [7, 11) is 1.55. The summed E-state index contributed by atoms with van der Waals surface area (Å²) >= 11 is 0. The van der Waals surface area contributed by atoms with Crippen molar-refractivity contribution in [2.75, 3.05) is 7.11 Å². The predicted molar refractivity (Wildman–Crippen MR) is 86.6 cm³/mol. The zero-order valence-corrected chi connectivity index (χ0v) is 13.1. The van der Waals surface area contributed by atoms with Crippen molar-refractivity contribution in [3.63, 3.8) is 0 Å². The number of hydrazine groups is 1. The van der Waals surface area contributed by atoms with Crippen LogP contribution in [-0.2, 0) is 17.8 Å². The average Bonchev–Trinajstić information content (AvgIpc) is 2.60. The van der Waals surface area contributed by atoms with E-state index < -0.39 is 11.9 Å². The third-order valence-electron chi connectivity index (χ3n) is 3.23. The van der Waals surface area contributed by atoms with Gasteiger partial charge in [0.2, 0.25) is 5.91 Å². The lowest BCUT2D eigenvalue weighted by molar-refractivity contribution is -0.121. The maximum absolute atomic E-state index is 12.8. The van der Waals surface area contributed by atoms with Crippen LogP contribution in [0.2, 0.25) is 0 Å². The largest absolute Gasteiger partial charge is 0.496 e. The molecule has 126 valence electrons. The van der Waals surface area contributed by atoms with Gasteiger partial charge in [0.15, 0.2) is 0 Å². The number of nitrogens with one attached hydrogen (secondary N) is 3. The number of urea groups is 1. The number of rotatable bonds is 5. The van der Waals surface area contributed by atoms with Gasteiger partial charge in [-0.05, 0) is 23.8 Å². The van der Waals surface area contributed by atoms with E-state index in [2.05, 4.69) is 16.2 Å². The first-order valence-corrected chi connectivity index (χ1v) is 7.27. The predicted octanol–water partition coefficient (Wildman–Crippen LogP) is 1.91. The second-order valence-electron chi connectivity index (χ2n) is 4.97. The number of halogens is 1. The summed E-state index contributed by atoms with van der Waals surface area (Å²) in [5.41, 5.74) is 6.00. The van der Waals surface area contributed by atoms with Crippen molar-refractivity contribution in [3.8, 4) is 5.75 Å². The number of methoxy groups -OCH3 is 1. The van der Waals surface area contributed by atoms with Gasteiger partial charge >= 0.3 is 6.03 Å². The highest BCUT2D eigenvalue weighted by Gasteiger charge is 2.07. The van der Waals surface area contributed by atoms with E-state index >= 15 is 0 Å². The first kappa shape index (κ1) is 17.3. The molecule has 0 aromatic heterocycles. The number of carbonyl (C=O) groups excluding carboxylic acids is 2. The van der Waals surface area contributed by atoms with Gasteiger partial charge in [-0.2, -0.15) is 0 Å². The topological polar surface area (TPSA) is 79.5 Å². The Bertz CT molecular complexity index is 704. The molecule has 0 saturated carbocycles. The van der Waals surface area contributed by atoms with Gasteiger partial charge in [0.25, 0.3) is 0 Å². The number of ether oxygens (including phenoxy) is 1. The minimum Gasteiger partial charge on any atom is -0.496 e. The fourth-order valence-corrected chi connectivity index (χ4v) is 2.03. The monoisotopic (exact) mass is 331 g/mol. The summed E-state index contributed by atoms with van der Waals surface area (Å²) in [4.78, 5) is 23.4. The van der Waals surface area contributed by atoms with E-state index in [1.165, 1.54) is 24.3 Å². The van der Waals surface area contributed by atoms with Gasteiger partial charge < -0.3 is 10.1 Å². The van der Waals surface area contributed by atoms with Crippen LogP contribution in [0.15, 0.2) is 48.5 Å². The van der Waals surface area contributed by atoms with E-state index in [4.69, 9.17) is 4.74 Å². The van der Waals surface area contributed by atoms with Crippen LogP contribution in [0.25, 0.3) is 0 Å². The maximum Gasteiger partial charge on any atom is 0.333 e. The molecular formula is C17H18FN3O3. The van der Waals surface area contributed by atoms with Crippen LogP contribution in [0.4, 0.5) is 9.18 Å². The first-order valence-electron chi connectivity index (χ1n) is 7.27. The first-order chi connectivity index (χ1) is 11.6. The molecule has 0 aliphatic rings. The molecule has 6 nitrogen and oxygen atoms in total. The van der Waals surface area contributed by atoms with Gasteiger partial charge in [-0.15, -0.1) is 0 Å². The molecule has 0 spiro atoms. The van der Waals surface area contributed by atoms with Crippen molar-refractivity contribution in [1.29, 1.82) is 0 Å². The molecule has 2 aromatic rings. The van der Waals surface area contributed by atoms with Gasteiger partial charge in [-0.3, -0.25) is 10.2 Å². The number of benzene rings is 2. The summed E-state index contributed by atoms with van der Waals surface area (Å²) in [5, 5.41) is 2.61. The molecule has 3 amide bonds. The molecule has 0 aliphatic carbocycles. The van der Waals surface area contributed by atoms with Crippen molar-refractivity contribution in [1.82, 2.24) is 16.2 Å². The van der Waals surface area contributed by atoms with Crippen molar-refractivity contribution < 1.29 is 18.7 Å². The Morgan fingerprint density at radius 3 is 2.46 bits per heavy atom. The van der Waals surface area contributed by atoms with E-state index in [-0.39, 0.29) is 18.8 Å². The van der Waals surface area contributed by atoms with Crippen molar-refractivity contribution in [3.05, 3.63) is 65.5 Å². The Morgan fingerprint density at radius 2 is 1.75 bits per heavy atom. The lowest BCUT2D eigenvalue weighted by Crippen LogP contribution is -2.47. The molecule has 0 radical (unpaired) electrons. The van der Waals surface area contributed by atoms with Gasteiger partial charge in [0.1, 0.15) is 11.6 Å². The summed E-state index contributed by atoms with van der Waals surface area (Å²) in [6, 6.07) is 12.3. The number of hydrogen-bond acceptors (Lipinski definition) is 3. The van der Waals surface area contributed by atoms with Gasteiger partial charge in [-0.1, -0.05) is 30.3 Å². The lowest BCUT2D eigenvalue weighted by atomic mass is 10.1. The van der Waals surface area contributed by atoms with Crippen molar-refractivity contribution in [2.24, 2.45) is 0 Å². The summed E-state index contributed by atoms with van der Waals surface area (Å²) in [6.45, 7) is 0.254. The van der Waals surface area contributed by atoms with Crippen LogP contribution in [0.1, 0.15) is 11.1 Å². The Morgan fingerprint density at radius 1 is 1.04 bits per heavy atom. The van der Waals surface area contributed by atoms with Crippen molar-refractivity contribution >= 4 is 11.9 Å². The van der Waals surface area contributed by atoms with Crippen LogP contribution in [0, 0.1) is 5.82 Å². The van der Waals surface area contributed by atoms with Gasteiger partial charge in [0, 0.05) is 12.1 Å². The minimum atomic E-state index is -0.548. The lowest BCUT2D eigenvalue weighted by Gasteiger charge is -2.11. The normalized spacial score (nSPS) is 9.92. The summed E-state index contributed by atoms with van der Waals surface area (Å²) < 4.78 is 18.0. The van der Waals surface area contributed by atoms with Crippen LogP contribution in [-0.4, -0.2) is 19.0 Å². The zero-order valence-electron chi connectivity index (χ0n) is 13.1. The van der Waals surface area contributed by atoms with Gasteiger partial charge in [0.05, 0.1) is 13.5 Å². The minimum absolute atomic E-state index is 0.0348. The second kappa shape index (κ2) is 8.52. The van der Waals surface area contributed by atoms with Crippen molar-refractivity contribution in [2.45, 2.75) is 13.0 Å². The van der Waals surface area contributed by atoms with E-state index in [0.717, 1.165) is 5.56 Å². The highest BCUT2D eigenvalue weighted by molar-refractivity contribution is 5.82. The fourth-order valence-electron chi connectivity index (χ4n) is 2.03. The average molecular weight is 331 g/mol. The maximum atomic E-state index is 12.8. The van der Waals surface area contributed by atoms with Crippen LogP contribution in [0.3, 0.4) is 0 Å². The standard InChI is InChI=1S/C17H18FN3O3/c1-24-15-5-3-2-4-13(15)11-19-17(23)21-20-16(22)10-12-6-8-14(18)9-7-12/h2-9H,10-11H2,1H3,(H,20,22)(H2,19,21,23). The molecule has 0 fully saturated rings. The molecule has 0 aliphatic heterocycles. The number of hydrogen-bond donors (Lipinski definition) is 3. The highest BCUT2D eigenvalue weighted by Crippen LogP contribution is 2.16. The van der Waals surface area contributed by atoms with Gasteiger partial charge in [-0.25, -0.2) is 14.6 Å². The highest BCUT2D eigenvalue weighted by atomic mass is 19.1. The molecule has 7 heteroatoms. The van der Waals surface area contributed by atoms with Crippen LogP contribution in [0.5, 0.6) is 5.75 Å². The van der Waals surface area contributed by atoms with Crippen LogP contribution < -0.4 is 20.9 Å². The second-order valence-corrected chi connectivity index (χ2v) is 4.97. The molecular weight excluding hydrogens is 313 g/mol. The Hall–Kier alpha value is -3.09. The molecule has 24 heavy (non-hydrogen) atoms. The SMILES string of the molecule is COc1ccccc1CNC(=O)NNC(=O)Cc1ccc(F)cc1. The molecule has 2 aromatic carbocycles. The van der Waals surface area contributed by atoms with Crippen LogP contribution >= 0.6 is 0 Å². The molecule has 3 N–H and O–H groups in total. The zero-order chi connectivity index (χ0) is 17.4. The molecule has 2 rings (SSSR count). The Kier molecular flexibility index (Phi) is 6.13. The quantitative estimate of drug-likeness (QED) is 0.732. The molecule has 0 saturated heterocycles. The summed E-state index contributed by atoms with van der Waals surface area (Å²) in [6.07, 6.45) is 0.0348. The molecule has 0 heterocycles. The van der Waals surface area contributed by atoms with E-state index in [1.54, 1.807) is 13.2 Å². The van der Waals surface area contributed by atoms with E-state index in [0.29, 0.717) is 11.3 Å². The number of para-hydroxylation sites is 1. The Labute approximate surface area is 139 Å². The molecule has 0 bridgehead atoms. The number of amides is 3.